The van der Waals surface area contributed by atoms with E-state index in [4.69, 9.17) is 0 Å². The summed E-state index contributed by atoms with van der Waals surface area (Å²) in [6.07, 6.45) is 0.966. The summed E-state index contributed by atoms with van der Waals surface area (Å²) < 4.78 is 1.63. The molecule has 0 aliphatic carbocycles. The highest BCUT2D eigenvalue weighted by Gasteiger charge is 2.26. The summed E-state index contributed by atoms with van der Waals surface area (Å²) in [6.45, 7) is 5.67. The number of nitrogens with zero attached hydrogens (tertiary/aromatic N) is 2. The minimum atomic E-state index is -0.225. The van der Waals surface area contributed by atoms with Crippen LogP contribution in [0.1, 0.15) is 24.7 Å². The zero-order valence-corrected chi connectivity index (χ0v) is 11.2. The Morgan fingerprint density at radius 2 is 2.10 bits per heavy atom. The molecule has 1 unspecified atom stereocenters. The number of piperidine rings is 1. The number of allylic oxidation sites excluding steroid dienone is 1. The number of aryl methyl sites for hydroxylation is 1. The quantitative estimate of drug-likeness (QED) is 0.856. The van der Waals surface area contributed by atoms with Crippen molar-refractivity contribution < 1.29 is 4.79 Å². The number of hydrogen-bond acceptors (Lipinski definition) is 3. The maximum atomic E-state index is 12.6. The number of hydrogen-bond donors (Lipinski definition) is 1. The maximum Gasteiger partial charge on any atom is 0.262 e. The Bertz CT molecular complexity index is 776. The Morgan fingerprint density at radius 3 is 2.85 bits per heavy atom. The standard InChI is InChI=1S/C15H15N3O2/c1-9-13(7-8-14(19)16-9)18-10(2)17-12-6-4-3-5-11(12)15(18)20/h3-6,13H,1,7-8H2,2H3,(H,16,19). The molecule has 0 saturated carbocycles. The Morgan fingerprint density at radius 1 is 1.35 bits per heavy atom. The van der Waals surface area contributed by atoms with Crippen molar-refractivity contribution in [3.8, 4) is 0 Å². The van der Waals surface area contributed by atoms with E-state index in [1.165, 1.54) is 0 Å². The van der Waals surface area contributed by atoms with Crippen molar-refractivity contribution in [2.75, 3.05) is 0 Å². The predicted octanol–water partition coefficient (Wildman–Crippen LogP) is 1.67. The van der Waals surface area contributed by atoms with Crippen LogP contribution in [0.4, 0.5) is 0 Å². The lowest BCUT2D eigenvalue weighted by Crippen LogP contribution is -2.38. The van der Waals surface area contributed by atoms with Gasteiger partial charge in [-0.15, -0.1) is 0 Å². The lowest BCUT2D eigenvalue weighted by atomic mass is 10.0. The van der Waals surface area contributed by atoms with Crippen molar-refractivity contribution in [3.63, 3.8) is 0 Å². The smallest absolute Gasteiger partial charge is 0.262 e. The lowest BCUT2D eigenvalue weighted by molar-refractivity contribution is -0.121. The molecule has 1 fully saturated rings. The summed E-state index contributed by atoms with van der Waals surface area (Å²) in [7, 11) is 0. The molecule has 1 aromatic heterocycles. The van der Waals surface area contributed by atoms with Crippen LogP contribution in [0.5, 0.6) is 0 Å². The fourth-order valence-electron chi connectivity index (χ4n) is 2.68. The van der Waals surface area contributed by atoms with Gasteiger partial charge in [-0.1, -0.05) is 18.7 Å². The average molecular weight is 269 g/mol. The number of fused-ring (bicyclic) bond motifs is 1. The highest BCUT2D eigenvalue weighted by molar-refractivity contribution is 5.79. The molecule has 2 aromatic rings. The van der Waals surface area contributed by atoms with Gasteiger partial charge in [0.05, 0.1) is 16.9 Å². The third-order valence-corrected chi connectivity index (χ3v) is 3.64. The number of nitrogens with one attached hydrogen (secondary N) is 1. The second-order valence-electron chi connectivity index (χ2n) is 4.98. The fraction of sp³-hybridized carbons (Fsp3) is 0.267. The second kappa shape index (κ2) is 4.59. The Balaban J connectivity index is 2.19. The van der Waals surface area contributed by atoms with Crippen LogP contribution in [-0.2, 0) is 4.79 Å². The molecule has 2 heterocycles. The van der Waals surface area contributed by atoms with Crippen LogP contribution in [0.3, 0.4) is 0 Å². The van der Waals surface area contributed by atoms with E-state index in [-0.39, 0.29) is 17.5 Å². The number of aromatic nitrogens is 2. The largest absolute Gasteiger partial charge is 0.328 e. The van der Waals surface area contributed by atoms with Gasteiger partial charge in [0, 0.05) is 12.1 Å². The van der Waals surface area contributed by atoms with E-state index in [0.29, 0.717) is 35.3 Å². The van der Waals surface area contributed by atoms with Crippen LogP contribution < -0.4 is 10.9 Å². The first-order chi connectivity index (χ1) is 9.58. The SMILES string of the molecule is C=C1NC(=O)CCC1n1c(C)nc2ccccc2c1=O. The molecule has 0 bridgehead atoms. The highest BCUT2D eigenvalue weighted by atomic mass is 16.2. The molecule has 1 atom stereocenters. The average Bonchev–Trinajstić information content (AvgIpc) is 2.41. The predicted molar refractivity (Wildman–Crippen MR) is 76.3 cm³/mol. The zero-order valence-electron chi connectivity index (χ0n) is 11.2. The molecular weight excluding hydrogens is 254 g/mol. The molecule has 0 radical (unpaired) electrons. The zero-order chi connectivity index (χ0) is 14.3. The van der Waals surface area contributed by atoms with E-state index in [2.05, 4.69) is 16.9 Å². The van der Waals surface area contributed by atoms with Gasteiger partial charge in [0.2, 0.25) is 5.91 Å². The summed E-state index contributed by atoms with van der Waals surface area (Å²) in [4.78, 5) is 28.5. The highest BCUT2D eigenvalue weighted by Crippen LogP contribution is 2.24. The van der Waals surface area contributed by atoms with E-state index in [1.54, 1.807) is 17.6 Å². The van der Waals surface area contributed by atoms with Crippen molar-refractivity contribution >= 4 is 16.8 Å². The molecule has 102 valence electrons. The molecule has 1 N–H and O–H groups in total. The van der Waals surface area contributed by atoms with E-state index in [0.717, 1.165) is 0 Å². The molecule has 5 nitrogen and oxygen atoms in total. The summed E-state index contributed by atoms with van der Waals surface area (Å²) in [5, 5.41) is 3.30. The maximum absolute atomic E-state index is 12.6. The Kier molecular flexibility index (Phi) is 2.89. The van der Waals surface area contributed by atoms with Crippen LogP contribution in [0.2, 0.25) is 0 Å². The second-order valence-corrected chi connectivity index (χ2v) is 4.98. The molecule has 3 rings (SSSR count). The summed E-state index contributed by atoms with van der Waals surface area (Å²) in [6, 6.07) is 7.05. The van der Waals surface area contributed by atoms with E-state index >= 15 is 0 Å². The first kappa shape index (κ1) is 12.6. The normalized spacial score (nSPS) is 19.1. The number of carbonyl (C=O) groups excluding carboxylic acids is 1. The monoisotopic (exact) mass is 269 g/mol. The summed E-state index contributed by atoms with van der Waals surface area (Å²) in [5.74, 6) is 0.585. The third-order valence-electron chi connectivity index (χ3n) is 3.64. The van der Waals surface area contributed by atoms with Gasteiger partial charge < -0.3 is 5.32 Å². The molecular formula is C15H15N3O2. The number of carbonyl (C=O) groups is 1. The number of benzene rings is 1. The molecule has 0 spiro atoms. The topological polar surface area (TPSA) is 64.0 Å². The molecule has 1 aromatic carbocycles. The van der Waals surface area contributed by atoms with Gasteiger partial charge in [-0.05, 0) is 25.5 Å². The van der Waals surface area contributed by atoms with Gasteiger partial charge in [-0.25, -0.2) is 4.98 Å². The Hall–Kier alpha value is -2.43. The van der Waals surface area contributed by atoms with Crippen LogP contribution in [0, 0.1) is 6.92 Å². The van der Waals surface area contributed by atoms with E-state index in [1.807, 2.05) is 18.2 Å². The van der Waals surface area contributed by atoms with Crippen molar-refractivity contribution in [2.45, 2.75) is 25.8 Å². The number of amides is 1. The summed E-state index contributed by atoms with van der Waals surface area (Å²) >= 11 is 0. The molecule has 1 amide bonds. The lowest BCUT2D eigenvalue weighted by Gasteiger charge is -2.28. The van der Waals surface area contributed by atoms with Crippen LogP contribution in [0.25, 0.3) is 10.9 Å². The molecule has 1 saturated heterocycles. The van der Waals surface area contributed by atoms with Crippen molar-refractivity contribution in [2.24, 2.45) is 0 Å². The van der Waals surface area contributed by atoms with Gasteiger partial charge in [-0.3, -0.25) is 14.2 Å². The number of rotatable bonds is 1. The first-order valence-electron chi connectivity index (χ1n) is 6.54. The van der Waals surface area contributed by atoms with Crippen LogP contribution in [0.15, 0.2) is 41.3 Å². The van der Waals surface area contributed by atoms with Gasteiger partial charge in [0.15, 0.2) is 0 Å². The van der Waals surface area contributed by atoms with E-state index < -0.39 is 0 Å². The molecule has 20 heavy (non-hydrogen) atoms. The molecule has 1 aliphatic rings. The van der Waals surface area contributed by atoms with E-state index in [9.17, 15) is 9.59 Å². The Labute approximate surface area is 115 Å². The van der Waals surface area contributed by atoms with Crippen molar-refractivity contribution in [3.05, 3.63) is 52.7 Å². The van der Waals surface area contributed by atoms with Gasteiger partial charge in [0.1, 0.15) is 5.82 Å². The van der Waals surface area contributed by atoms with Gasteiger partial charge >= 0.3 is 0 Å². The third kappa shape index (κ3) is 1.91. The summed E-state index contributed by atoms with van der Waals surface area (Å²) in [5.41, 5.74) is 1.16. The van der Waals surface area contributed by atoms with Crippen molar-refractivity contribution in [1.82, 2.24) is 14.9 Å². The first-order valence-corrected chi connectivity index (χ1v) is 6.54. The minimum absolute atomic E-state index is 0.0503. The fourth-order valence-corrected chi connectivity index (χ4v) is 2.68. The van der Waals surface area contributed by atoms with Crippen LogP contribution in [-0.4, -0.2) is 15.5 Å². The molecule has 5 heteroatoms. The van der Waals surface area contributed by atoms with Crippen molar-refractivity contribution in [1.29, 1.82) is 0 Å². The van der Waals surface area contributed by atoms with Gasteiger partial charge in [0.25, 0.3) is 5.56 Å². The van der Waals surface area contributed by atoms with Gasteiger partial charge in [-0.2, -0.15) is 0 Å². The minimum Gasteiger partial charge on any atom is -0.328 e. The van der Waals surface area contributed by atoms with Crippen LogP contribution >= 0.6 is 0 Å². The number of para-hydroxylation sites is 1. The molecule has 1 aliphatic heterocycles.